The van der Waals surface area contributed by atoms with Crippen LogP contribution in [0.25, 0.3) is 0 Å². The van der Waals surface area contributed by atoms with Crippen molar-refractivity contribution in [2.45, 2.75) is 38.3 Å². The van der Waals surface area contributed by atoms with Gasteiger partial charge in [-0.3, -0.25) is 9.59 Å². The van der Waals surface area contributed by atoms with E-state index in [4.69, 9.17) is 0 Å². The Balaban J connectivity index is 2.15. The number of aliphatic hydroxyl groups is 1. The van der Waals surface area contributed by atoms with Gasteiger partial charge >= 0.3 is 0 Å². The van der Waals surface area contributed by atoms with E-state index in [1.165, 1.54) is 0 Å². The molecule has 0 radical (unpaired) electrons. The monoisotopic (exact) mass is 290 g/mol. The lowest BCUT2D eigenvalue weighted by Gasteiger charge is -2.34. The zero-order valence-corrected chi connectivity index (χ0v) is 12.5. The normalized spacial score (nSPS) is 22.9. The minimum atomic E-state index is -0.845. The first-order valence-electron chi connectivity index (χ1n) is 7.28. The van der Waals surface area contributed by atoms with Crippen LogP contribution in [0.4, 0.5) is 0 Å². The highest BCUT2D eigenvalue weighted by Crippen LogP contribution is 2.30. The number of nitrogens with one attached hydrogen (secondary N) is 1. The molecule has 1 fully saturated rings. The van der Waals surface area contributed by atoms with E-state index < -0.39 is 11.6 Å². The van der Waals surface area contributed by atoms with E-state index in [0.29, 0.717) is 18.5 Å². The summed E-state index contributed by atoms with van der Waals surface area (Å²) >= 11 is 0. The van der Waals surface area contributed by atoms with Gasteiger partial charge in [-0.05, 0) is 38.8 Å². The van der Waals surface area contributed by atoms with Crippen molar-refractivity contribution in [3.05, 3.63) is 35.9 Å². The summed E-state index contributed by atoms with van der Waals surface area (Å²) in [5.74, 6) is -0.326. The fraction of sp³-hybridized carbons (Fsp3) is 0.500. The van der Waals surface area contributed by atoms with Crippen molar-refractivity contribution in [3.63, 3.8) is 0 Å². The molecule has 1 aliphatic rings. The lowest BCUT2D eigenvalue weighted by molar-refractivity contribution is -0.130. The molecule has 0 spiro atoms. The minimum Gasteiger partial charge on any atom is -0.392 e. The molecule has 1 aromatic carbocycles. The quantitative estimate of drug-likeness (QED) is 0.875. The van der Waals surface area contributed by atoms with Crippen molar-refractivity contribution in [2.24, 2.45) is 0 Å². The topological polar surface area (TPSA) is 69.6 Å². The molecule has 2 rings (SSSR count). The van der Waals surface area contributed by atoms with Gasteiger partial charge in [-0.25, -0.2) is 0 Å². The van der Waals surface area contributed by atoms with Crippen LogP contribution in [-0.2, 0) is 4.79 Å². The zero-order valence-electron chi connectivity index (χ0n) is 12.5. The van der Waals surface area contributed by atoms with Gasteiger partial charge in [0.2, 0.25) is 5.91 Å². The van der Waals surface area contributed by atoms with E-state index in [-0.39, 0.29) is 18.4 Å². The van der Waals surface area contributed by atoms with Crippen LogP contribution in [0.1, 0.15) is 37.0 Å². The minimum absolute atomic E-state index is 0.122. The highest BCUT2D eigenvalue weighted by atomic mass is 16.3. The van der Waals surface area contributed by atoms with Gasteiger partial charge in [-0.1, -0.05) is 18.2 Å². The summed E-state index contributed by atoms with van der Waals surface area (Å²) in [5, 5.41) is 12.0. The molecular formula is C16H22N2O3. The fourth-order valence-corrected chi connectivity index (χ4v) is 2.69. The third-order valence-electron chi connectivity index (χ3n) is 3.95. The number of carbonyl (C=O) groups excluding carboxylic acids is 2. The summed E-state index contributed by atoms with van der Waals surface area (Å²) < 4.78 is 0. The molecule has 1 saturated heterocycles. The first-order valence-corrected chi connectivity index (χ1v) is 7.28. The van der Waals surface area contributed by atoms with Crippen molar-refractivity contribution in [3.8, 4) is 0 Å². The van der Waals surface area contributed by atoms with Crippen LogP contribution in [0.2, 0.25) is 0 Å². The molecule has 0 aromatic heterocycles. The molecule has 5 nitrogen and oxygen atoms in total. The van der Waals surface area contributed by atoms with Gasteiger partial charge < -0.3 is 15.3 Å². The van der Waals surface area contributed by atoms with Gasteiger partial charge in [0.15, 0.2) is 0 Å². The van der Waals surface area contributed by atoms with E-state index in [1.54, 1.807) is 30.9 Å². The largest absolute Gasteiger partial charge is 0.392 e. The molecular weight excluding hydrogens is 268 g/mol. The van der Waals surface area contributed by atoms with E-state index in [2.05, 4.69) is 5.32 Å². The van der Waals surface area contributed by atoms with Gasteiger partial charge in [0.05, 0.1) is 6.10 Å². The van der Waals surface area contributed by atoms with E-state index >= 15 is 0 Å². The Morgan fingerprint density at radius 1 is 1.38 bits per heavy atom. The summed E-state index contributed by atoms with van der Waals surface area (Å²) in [6.07, 6.45) is 0.839. The van der Waals surface area contributed by atoms with Crippen molar-refractivity contribution in [2.75, 3.05) is 13.1 Å². The van der Waals surface area contributed by atoms with E-state index in [9.17, 15) is 14.7 Å². The summed E-state index contributed by atoms with van der Waals surface area (Å²) in [5.41, 5.74) is -0.254. The van der Waals surface area contributed by atoms with E-state index in [0.717, 1.165) is 6.42 Å². The lowest BCUT2D eigenvalue weighted by Crippen LogP contribution is -2.56. The van der Waals surface area contributed by atoms with Crippen LogP contribution in [0.5, 0.6) is 0 Å². The molecule has 21 heavy (non-hydrogen) atoms. The molecule has 1 heterocycles. The second-order valence-corrected chi connectivity index (χ2v) is 5.76. The maximum absolute atomic E-state index is 12.6. The smallest absolute Gasteiger partial charge is 0.254 e. The van der Waals surface area contributed by atoms with E-state index in [1.807, 2.05) is 18.2 Å². The average molecular weight is 290 g/mol. The first kappa shape index (κ1) is 15.5. The van der Waals surface area contributed by atoms with Crippen molar-refractivity contribution in [1.29, 1.82) is 0 Å². The maximum Gasteiger partial charge on any atom is 0.254 e. The summed E-state index contributed by atoms with van der Waals surface area (Å²) in [4.78, 5) is 26.6. The third kappa shape index (κ3) is 3.24. The number of hydrogen-bond donors (Lipinski definition) is 2. The second-order valence-electron chi connectivity index (χ2n) is 5.76. The van der Waals surface area contributed by atoms with Crippen LogP contribution in [0.3, 0.4) is 0 Å². The highest BCUT2D eigenvalue weighted by Gasteiger charge is 2.45. The van der Waals surface area contributed by atoms with Gasteiger partial charge in [0, 0.05) is 18.7 Å². The molecule has 1 aliphatic heterocycles. The molecule has 0 aliphatic carbocycles. The van der Waals surface area contributed by atoms with Gasteiger partial charge in [-0.15, -0.1) is 0 Å². The number of aliphatic hydroxyl groups excluding tert-OH is 1. The molecule has 1 aromatic rings. The van der Waals surface area contributed by atoms with Crippen LogP contribution >= 0.6 is 0 Å². The molecule has 0 saturated carbocycles. The average Bonchev–Trinajstić information content (AvgIpc) is 2.88. The zero-order chi connectivity index (χ0) is 15.5. The summed E-state index contributed by atoms with van der Waals surface area (Å²) in [6.45, 7) is 4.18. The highest BCUT2D eigenvalue weighted by molar-refractivity contribution is 5.99. The molecule has 2 atom stereocenters. The molecule has 2 N–H and O–H groups in total. The molecule has 2 amide bonds. The Hall–Kier alpha value is -1.88. The number of amides is 2. The Morgan fingerprint density at radius 2 is 2.05 bits per heavy atom. The predicted molar refractivity (Wildman–Crippen MR) is 79.8 cm³/mol. The third-order valence-corrected chi connectivity index (χ3v) is 3.95. The first-order chi connectivity index (χ1) is 9.95. The van der Waals surface area contributed by atoms with Crippen LogP contribution in [0.15, 0.2) is 30.3 Å². The lowest BCUT2D eigenvalue weighted by atomic mass is 9.96. The Labute approximate surface area is 125 Å². The predicted octanol–water partition coefficient (Wildman–Crippen LogP) is 1.18. The number of hydrogen-bond acceptors (Lipinski definition) is 3. The molecule has 0 bridgehead atoms. The SMILES string of the molecule is CC(O)CNC(=O)C1(C)CCCN1C(=O)c1ccccc1. The summed E-state index contributed by atoms with van der Waals surface area (Å²) in [7, 11) is 0. The van der Waals surface area contributed by atoms with Gasteiger partial charge in [0.1, 0.15) is 5.54 Å². The number of carbonyl (C=O) groups is 2. The van der Waals surface area contributed by atoms with Crippen molar-refractivity contribution < 1.29 is 14.7 Å². The number of likely N-dealkylation sites (tertiary alicyclic amines) is 1. The summed E-state index contributed by atoms with van der Waals surface area (Å²) in [6, 6.07) is 9.00. The maximum atomic E-state index is 12.6. The standard InChI is InChI=1S/C16H22N2O3/c1-12(19)11-17-15(21)16(2)9-6-10-18(16)14(20)13-7-4-3-5-8-13/h3-5,7-8,12,19H,6,9-11H2,1-2H3,(H,17,21). The molecule has 114 valence electrons. The Kier molecular flexibility index (Phi) is 4.63. The number of benzene rings is 1. The molecule has 2 unspecified atom stereocenters. The molecule has 5 heteroatoms. The van der Waals surface area contributed by atoms with Crippen molar-refractivity contribution in [1.82, 2.24) is 10.2 Å². The van der Waals surface area contributed by atoms with Gasteiger partial charge in [-0.2, -0.15) is 0 Å². The Morgan fingerprint density at radius 3 is 2.67 bits per heavy atom. The van der Waals surface area contributed by atoms with Crippen LogP contribution in [0, 0.1) is 0 Å². The Bertz CT molecular complexity index is 516. The van der Waals surface area contributed by atoms with Gasteiger partial charge in [0.25, 0.3) is 5.91 Å². The van der Waals surface area contributed by atoms with Crippen LogP contribution < -0.4 is 5.32 Å². The number of rotatable bonds is 4. The van der Waals surface area contributed by atoms with Crippen molar-refractivity contribution >= 4 is 11.8 Å². The van der Waals surface area contributed by atoms with Crippen LogP contribution in [-0.4, -0.2) is 46.6 Å². The number of nitrogens with zero attached hydrogens (tertiary/aromatic N) is 1. The second kappa shape index (κ2) is 6.26. The fourth-order valence-electron chi connectivity index (χ4n) is 2.69.